The molecule has 0 bridgehead atoms. The number of hydrogen-bond donors (Lipinski definition) is 1. The van der Waals surface area contributed by atoms with Gasteiger partial charge in [-0.1, -0.05) is 0 Å². The highest BCUT2D eigenvalue weighted by molar-refractivity contribution is 6.09. The van der Waals surface area contributed by atoms with Gasteiger partial charge in [0.25, 0.3) is 5.91 Å². The van der Waals surface area contributed by atoms with Gasteiger partial charge in [0.2, 0.25) is 5.95 Å². The molecule has 2 N–H and O–H groups in total. The van der Waals surface area contributed by atoms with Gasteiger partial charge in [-0.2, -0.15) is 5.10 Å². The van der Waals surface area contributed by atoms with Gasteiger partial charge in [0, 0.05) is 19.4 Å². The lowest BCUT2D eigenvalue weighted by Crippen LogP contribution is -2.22. The van der Waals surface area contributed by atoms with E-state index < -0.39 is 0 Å². The van der Waals surface area contributed by atoms with Gasteiger partial charge in [-0.05, 0) is 0 Å². The van der Waals surface area contributed by atoms with Crippen LogP contribution in [-0.2, 0) is 13.6 Å². The number of hydrogen-bond acceptors (Lipinski definition) is 5. The molecule has 0 unspecified atom stereocenters. The average Bonchev–Trinajstić information content (AvgIpc) is 2.83. The summed E-state index contributed by atoms with van der Waals surface area (Å²) in [5.74, 6) is 0.0672. The van der Waals surface area contributed by atoms with E-state index >= 15 is 0 Å². The number of aryl methyl sites for hydroxylation is 1. The third-order valence-electron chi connectivity index (χ3n) is 2.67. The maximum Gasteiger partial charge on any atom is 0.262 e. The Morgan fingerprint density at radius 3 is 2.94 bits per heavy atom. The highest BCUT2D eigenvalue weighted by Crippen LogP contribution is 2.26. The Kier molecular flexibility index (Phi) is 1.88. The first-order valence-electron chi connectivity index (χ1n) is 5.07. The molecule has 0 spiro atoms. The van der Waals surface area contributed by atoms with Crippen molar-refractivity contribution in [3.8, 4) is 0 Å². The van der Waals surface area contributed by atoms with Gasteiger partial charge in [0.15, 0.2) is 0 Å². The average molecular weight is 230 g/mol. The van der Waals surface area contributed by atoms with E-state index in [1.54, 1.807) is 29.0 Å². The highest BCUT2D eigenvalue weighted by atomic mass is 16.2. The van der Waals surface area contributed by atoms with Gasteiger partial charge in [-0.15, -0.1) is 0 Å². The van der Waals surface area contributed by atoms with Gasteiger partial charge >= 0.3 is 0 Å². The first kappa shape index (κ1) is 9.76. The highest BCUT2D eigenvalue weighted by Gasteiger charge is 2.30. The van der Waals surface area contributed by atoms with Crippen molar-refractivity contribution in [1.29, 1.82) is 0 Å². The van der Waals surface area contributed by atoms with Crippen LogP contribution < -0.4 is 10.6 Å². The fourth-order valence-electron chi connectivity index (χ4n) is 1.85. The number of anilines is 2. The molecule has 0 aliphatic carbocycles. The largest absolute Gasteiger partial charge is 0.368 e. The minimum atomic E-state index is -0.118. The Hall–Kier alpha value is -2.44. The van der Waals surface area contributed by atoms with E-state index in [-0.39, 0.29) is 11.9 Å². The number of amides is 1. The van der Waals surface area contributed by atoms with E-state index in [9.17, 15) is 4.79 Å². The molecule has 1 aliphatic rings. The van der Waals surface area contributed by atoms with E-state index in [0.29, 0.717) is 17.8 Å². The van der Waals surface area contributed by atoms with Crippen molar-refractivity contribution >= 4 is 17.5 Å². The molecule has 0 radical (unpaired) electrons. The molecule has 2 aromatic heterocycles. The van der Waals surface area contributed by atoms with Gasteiger partial charge in [-0.3, -0.25) is 14.4 Å². The van der Waals surface area contributed by atoms with E-state index in [1.165, 1.54) is 6.20 Å². The van der Waals surface area contributed by atoms with Gasteiger partial charge in [0.1, 0.15) is 0 Å². The van der Waals surface area contributed by atoms with Crippen molar-refractivity contribution in [2.24, 2.45) is 7.05 Å². The second-order valence-electron chi connectivity index (χ2n) is 3.85. The number of fused-ring (bicyclic) bond motifs is 1. The zero-order chi connectivity index (χ0) is 12.0. The van der Waals surface area contributed by atoms with E-state index in [4.69, 9.17) is 5.73 Å². The van der Waals surface area contributed by atoms with Gasteiger partial charge in [0.05, 0.1) is 29.7 Å². The van der Waals surface area contributed by atoms with Crippen LogP contribution in [0.4, 0.5) is 11.6 Å². The molecular weight excluding hydrogens is 220 g/mol. The Balaban J connectivity index is 2.01. The molecule has 1 aliphatic heterocycles. The third-order valence-corrected chi connectivity index (χ3v) is 2.67. The fraction of sp³-hybridized carbons (Fsp3) is 0.200. The quantitative estimate of drug-likeness (QED) is 0.742. The van der Waals surface area contributed by atoms with Crippen molar-refractivity contribution in [1.82, 2.24) is 19.7 Å². The number of nitrogen functional groups attached to an aromatic ring is 1. The lowest BCUT2D eigenvalue weighted by atomic mass is 10.3. The van der Waals surface area contributed by atoms with Crippen LogP contribution in [0.2, 0.25) is 0 Å². The first-order valence-corrected chi connectivity index (χ1v) is 5.07. The lowest BCUT2D eigenvalue weighted by Gasteiger charge is -2.11. The normalized spacial score (nSPS) is 14.2. The maximum atomic E-state index is 12.1. The van der Waals surface area contributed by atoms with Crippen LogP contribution >= 0.6 is 0 Å². The predicted molar refractivity (Wildman–Crippen MR) is 60.2 cm³/mol. The van der Waals surface area contributed by atoms with Crippen LogP contribution in [0.1, 0.15) is 16.1 Å². The zero-order valence-electron chi connectivity index (χ0n) is 9.16. The summed E-state index contributed by atoms with van der Waals surface area (Å²) in [6.07, 6.45) is 4.89. The standard InChI is InChI=1S/C10H10N6O/c1-15-4-6(2-13-15)16-5-8-7(9(16)17)3-12-10(11)14-8/h2-4H,5H2,1H3,(H2,11,12,14). The molecule has 86 valence electrons. The monoisotopic (exact) mass is 230 g/mol. The molecule has 0 saturated carbocycles. The Morgan fingerprint density at radius 2 is 2.24 bits per heavy atom. The number of nitrogens with zero attached hydrogens (tertiary/aromatic N) is 5. The maximum absolute atomic E-state index is 12.1. The van der Waals surface area contributed by atoms with Crippen molar-refractivity contribution in [3.63, 3.8) is 0 Å². The molecule has 3 heterocycles. The summed E-state index contributed by atoms with van der Waals surface area (Å²) in [6, 6.07) is 0. The summed E-state index contributed by atoms with van der Waals surface area (Å²) in [7, 11) is 1.80. The van der Waals surface area contributed by atoms with E-state index in [2.05, 4.69) is 15.1 Å². The van der Waals surface area contributed by atoms with Crippen molar-refractivity contribution in [2.75, 3.05) is 10.6 Å². The van der Waals surface area contributed by atoms with Crippen LogP contribution in [0.15, 0.2) is 18.6 Å². The Labute approximate surface area is 96.9 Å². The molecule has 0 atom stereocenters. The number of carbonyl (C=O) groups is 1. The SMILES string of the molecule is Cn1cc(N2Cc3nc(N)ncc3C2=O)cn1. The molecule has 7 heteroatoms. The van der Waals surface area contributed by atoms with E-state index in [0.717, 1.165) is 5.69 Å². The molecule has 0 aromatic carbocycles. The van der Waals surface area contributed by atoms with Crippen LogP contribution in [0.5, 0.6) is 0 Å². The van der Waals surface area contributed by atoms with Gasteiger partial charge in [-0.25, -0.2) is 9.97 Å². The summed E-state index contributed by atoms with van der Waals surface area (Å²) in [5.41, 5.74) is 7.40. The Morgan fingerprint density at radius 1 is 1.41 bits per heavy atom. The topological polar surface area (TPSA) is 89.9 Å². The molecule has 1 amide bonds. The summed E-state index contributed by atoms with van der Waals surface area (Å²) in [6.45, 7) is 0.409. The number of carbonyl (C=O) groups excluding carboxylic acids is 1. The van der Waals surface area contributed by atoms with Gasteiger partial charge < -0.3 is 5.73 Å². The summed E-state index contributed by atoms with van der Waals surface area (Å²) < 4.78 is 1.64. The molecule has 0 fully saturated rings. The van der Waals surface area contributed by atoms with Crippen molar-refractivity contribution in [3.05, 3.63) is 29.8 Å². The first-order chi connectivity index (χ1) is 8.15. The van der Waals surface area contributed by atoms with E-state index in [1.807, 2.05) is 0 Å². The van der Waals surface area contributed by atoms with Crippen molar-refractivity contribution in [2.45, 2.75) is 6.54 Å². The molecule has 17 heavy (non-hydrogen) atoms. The van der Waals surface area contributed by atoms with Crippen LogP contribution in [-0.4, -0.2) is 25.7 Å². The summed E-state index contributed by atoms with van der Waals surface area (Å²) >= 11 is 0. The van der Waals surface area contributed by atoms with Crippen LogP contribution in [0, 0.1) is 0 Å². The zero-order valence-corrected chi connectivity index (χ0v) is 9.16. The number of aromatic nitrogens is 4. The van der Waals surface area contributed by atoms with Crippen LogP contribution in [0.25, 0.3) is 0 Å². The molecular formula is C10H10N6O. The Bertz CT molecular complexity index is 605. The van der Waals surface area contributed by atoms with Crippen molar-refractivity contribution < 1.29 is 4.79 Å². The van der Waals surface area contributed by atoms with Crippen LogP contribution in [0.3, 0.4) is 0 Å². The predicted octanol–water partition coefficient (Wildman–Crippen LogP) is -0.0473. The third kappa shape index (κ3) is 1.43. The smallest absolute Gasteiger partial charge is 0.262 e. The summed E-state index contributed by atoms with van der Waals surface area (Å²) in [5, 5.41) is 4.04. The number of rotatable bonds is 1. The minimum absolute atomic E-state index is 0.118. The molecule has 2 aromatic rings. The molecule has 3 rings (SSSR count). The number of nitrogens with two attached hydrogens (primary N) is 1. The second kappa shape index (κ2) is 3.27. The minimum Gasteiger partial charge on any atom is -0.368 e. The lowest BCUT2D eigenvalue weighted by molar-refractivity contribution is 0.0996. The summed E-state index contributed by atoms with van der Waals surface area (Å²) in [4.78, 5) is 21.6. The molecule has 0 saturated heterocycles. The second-order valence-corrected chi connectivity index (χ2v) is 3.85. The fourth-order valence-corrected chi connectivity index (χ4v) is 1.85. The molecule has 7 nitrogen and oxygen atoms in total.